The zero-order chi connectivity index (χ0) is 20.6. The Labute approximate surface area is 168 Å². The lowest BCUT2D eigenvalue weighted by atomic mass is 10.1. The maximum absolute atomic E-state index is 11.4. The Bertz CT molecular complexity index is 1030. The van der Waals surface area contributed by atoms with Crippen molar-refractivity contribution in [2.75, 3.05) is 7.11 Å². The number of rotatable bonds is 5. The van der Waals surface area contributed by atoms with E-state index in [4.69, 9.17) is 22.1 Å². The lowest BCUT2D eigenvalue weighted by Crippen LogP contribution is -2.24. The van der Waals surface area contributed by atoms with Crippen LogP contribution in [0.15, 0.2) is 24.3 Å². The highest BCUT2D eigenvalue weighted by atomic mass is 35.5. The molecule has 1 amide bonds. The van der Waals surface area contributed by atoms with Gasteiger partial charge in [0.25, 0.3) is 0 Å². The van der Waals surface area contributed by atoms with Gasteiger partial charge in [0.05, 0.1) is 24.8 Å². The Kier molecular flexibility index (Phi) is 5.16. The van der Waals surface area contributed by atoms with E-state index >= 15 is 0 Å². The summed E-state index contributed by atoms with van der Waals surface area (Å²) < 4.78 is 8.97. The zero-order valence-corrected chi connectivity index (χ0v) is 17.3. The maximum Gasteiger partial charge on any atom is 0.225 e. The number of nitrogens with two attached hydrogens (primary N) is 1. The van der Waals surface area contributed by atoms with E-state index in [1.807, 2.05) is 38.4 Å². The van der Waals surface area contributed by atoms with Gasteiger partial charge in [-0.2, -0.15) is 5.10 Å². The SMILES string of the molecule is COc1ccc(Cl)cc1-n1nc(CC(N)=O)nc1-c1cc(C)nn1C(C)(C)C. The summed E-state index contributed by atoms with van der Waals surface area (Å²) in [5.41, 5.74) is 7.27. The quantitative estimate of drug-likeness (QED) is 0.707. The molecule has 0 saturated carbocycles. The van der Waals surface area contributed by atoms with Crippen molar-refractivity contribution >= 4 is 17.5 Å². The molecule has 28 heavy (non-hydrogen) atoms. The number of aryl methyl sites for hydroxylation is 1. The van der Waals surface area contributed by atoms with Gasteiger partial charge in [0.1, 0.15) is 17.1 Å². The number of aromatic nitrogens is 5. The van der Waals surface area contributed by atoms with Crippen LogP contribution in [0.5, 0.6) is 5.75 Å². The van der Waals surface area contributed by atoms with Crippen LogP contribution in [-0.2, 0) is 16.8 Å². The van der Waals surface area contributed by atoms with Crippen molar-refractivity contribution in [2.45, 2.75) is 39.7 Å². The number of nitrogens with zero attached hydrogens (tertiary/aromatic N) is 5. The molecule has 0 aliphatic carbocycles. The molecule has 1 aromatic carbocycles. The van der Waals surface area contributed by atoms with E-state index in [-0.39, 0.29) is 12.0 Å². The molecule has 0 unspecified atom stereocenters. The van der Waals surface area contributed by atoms with Crippen LogP contribution >= 0.6 is 11.6 Å². The zero-order valence-electron chi connectivity index (χ0n) is 16.5. The third-order valence-electron chi connectivity index (χ3n) is 4.05. The summed E-state index contributed by atoms with van der Waals surface area (Å²) in [7, 11) is 1.57. The number of carbonyl (C=O) groups excluding carboxylic acids is 1. The number of primary amides is 1. The van der Waals surface area contributed by atoms with Crippen molar-refractivity contribution in [3.8, 4) is 23.0 Å². The summed E-state index contributed by atoms with van der Waals surface area (Å²) in [4.78, 5) is 16.0. The molecule has 0 bridgehead atoms. The van der Waals surface area contributed by atoms with Crippen molar-refractivity contribution < 1.29 is 9.53 Å². The van der Waals surface area contributed by atoms with Crippen molar-refractivity contribution in [3.63, 3.8) is 0 Å². The first-order chi connectivity index (χ1) is 13.1. The first-order valence-corrected chi connectivity index (χ1v) is 9.13. The van der Waals surface area contributed by atoms with Gasteiger partial charge in [-0.25, -0.2) is 9.67 Å². The Hall–Kier alpha value is -2.87. The number of hydrogen-bond donors (Lipinski definition) is 1. The van der Waals surface area contributed by atoms with Crippen LogP contribution in [0.3, 0.4) is 0 Å². The largest absolute Gasteiger partial charge is 0.494 e. The molecule has 8 nitrogen and oxygen atoms in total. The molecule has 2 heterocycles. The highest BCUT2D eigenvalue weighted by Crippen LogP contribution is 2.32. The lowest BCUT2D eigenvalue weighted by Gasteiger charge is -2.22. The third kappa shape index (κ3) is 3.87. The summed E-state index contributed by atoms with van der Waals surface area (Å²) in [6.45, 7) is 8.06. The maximum atomic E-state index is 11.4. The predicted octanol–water partition coefficient (Wildman–Crippen LogP) is 2.88. The van der Waals surface area contributed by atoms with Crippen molar-refractivity contribution in [2.24, 2.45) is 5.73 Å². The second-order valence-electron chi connectivity index (χ2n) is 7.48. The Morgan fingerprint density at radius 2 is 1.96 bits per heavy atom. The number of benzene rings is 1. The molecule has 9 heteroatoms. The molecular formula is C19H23ClN6O2. The number of carbonyl (C=O) groups is 1. The second kappa shape index (κ2) is 7.27. The highest BCUT2D eigenvalue weighted by molar-refractivity contribution is 6.30. The van der Waals surface area contributed by atoms with Gasteiger partial charge in [0, 0.05) is 5.02 Å². The molecule has 3 aromatic rings. The summed E-state index contributed by atoms with van der Waals surface area (Å²) in [5.74, 6) is 0.887. The molecule has 0 saturated heterocycles. The fourth-order valence-corrected chi connectivity index (χ4v) is 3.08. The molecule has 0 aliphatic heterocycles. The van der Waals surface area contributed by atoms with E-state index < -0.39 is 5.91 Å². The molecular weight excluding hydrogens is 380 g/mol. The molecule has 148 valence electrons. The average Bonchev–Trinajstić information content (AvgIpc) is 3.17. The Balaban J connectivity index is 2.30. The van der Waals surface area contributed by atoms with Crippen molar-refractivity contribution in [3.05, 3.63) is 40.8 Å². The minimum absolute atomic E-state index is 0.0779. The molecule has 0 atom stereocenters. The number of amides is 1. The number of methoxy groups -OCH3 is 1. The van der Waals surface area contributed by atoms with Crippen LogP contribution < -0.4 is 10.5 Å². The second-order valence-corrected chi connectivity index (χ2v) is 7.91. The van der Waals surface area contributed by atoms with Crippen LogP contribution in [-0.4, -0.2) is 37.6 Å². The molecule has 2 aromatic heterocycles. The van der Waals surface area contributed by atoms with E-state index in [1.165, 1.54) is 0 Å². The summed E-state index contributed by atoms with van der Waals surface area (Å²) in [5, 5.41) is 9.64. The third-order valence-corrected chi connectivity index (χ3v) is 4.28. The van der Waals surface area contributed by atoms with Gasteiger partial charge in [-0.3, -0.25) is 9.48 Å². The van der Waals surface area contributed by atoms with Gasteiger partial charge in [-0.05, 0) is 52.0 Å². The van der Waals surface area contributed by atoms with Crippen LogP contribution in [0.1, 0.15) is 32.3 Å². The Morgan fingerprint density at radius 1 is 1.25 bits per heavy atom. The minimum Gasteiger partial charge on any atom is -0.494 e. The van der Waals surface area contributed by atoms with E-state index in [0.29, 0.717) is 28.1 Å². The molecule has 0 aliphatic rings. The normalized spacial score (nSPS) is 11.6. The van der Waals surface area contributed by atoms with Gasteiger partial charge in [0.2, 0.25) is 5.91 Å². The molecule has 0 fully saturated rings. The summed E-state index contributed by atoms with van der Waals surface area (Å²) in [6, 6.07) is 7.14. The van der Waals surface area contributed by atoms with Gasteiger partial charge >= 0.3 is 0 Å². The van der Waals surface area contributed by atoms with Crippen molar-refractivity contribution in [1.82, 2.24) is 24.5 Å². The van der Waals surface area contributed by atoms with E-state index in [1.54, 1.807) is 30.0 Å². The molecule has 2 N–H and O–H groups in total. The number of halogens is 1. The average molecular weight is 403 g/mol. The fourth-order valence-electron chi connectivity index (χ4n) is 2.92. The monoisotopic (exact) mass is 402 g/mol. The van der Waals surface area contributed by atoms with Gasteiger partial charge in [0.15, 0.2) is 11.6 Å². The summed E-state index contributed by atoms with van der Waals surface area (Å²) in [6.07, 6.45) is -0.0779. The van der Waals surface area contributed by atoms with Crippen LogP contribution in [0, 0.1) is 6.92 Å². The Morgan fingerprint density at radius 3 is 2.57 bits per heavy atom. The van der Waals surface area contributed by atoms with E-state index in [0.717, 1.165) is 11.4 Å². The standard InChI is InChI=1S/C19H23ClN6O2/c1-11-8-14(26(23-11)19(2,3)4)18-22-17(10-16(21)27)24-25(18)13-9-12(20)6-7-15(13)28-5/h6-9H,10H2,1-5H3,(H2,21,27). The van der Waals surface area contributed by atoms with Crippen LogP contribution in [0.25, 0.3) is 17.2 Å². The highest BCUT2D eigenvalue weighted by Gasteiger charge is 2.25. The molecule has 3 rings (SSSR count). The smallest absolute Gasteiger partial charge is 0.225 e. The first kappa shape index (κ1) is 19.9. The number of hydrogen-bond acceptors (Lipinski definition) is 5. The minimum atomic E-state index is -0.512. The van der Waals surface area contributed by atoms with Crippen LogP contribution in [0.2, 0.25) is 5.02 Å². The molecule has 0 radical (unpaired) electrons. The predicted molar refractivity (Wildman–Crippen MR) is 107 cm³/mol. The van der Waals surface area contributed by atoms with Crippen LogP contribution in [0.4, 0.5) is 0 Å². The number of ether oxygens (including phenoxy) is 1. The van der Waals surface area contributed by atoms with Gasteiger partial charge in [-0.15, -0.1) is 5.10 Å². The summed E-state index contributed by atoms with van der Waals surface area (Å²) >= 11 is 6.21. The van der Waals surface area contributed by atoms with E-state index in [2.05, 4.69) is 15.2 Å². The fraction of sp³-hybridized carbons (Fsp3) is 0.368. The first-order valence-electron chi connectivity index (χ1n) is 8.76. The van der Waals surface area contributed by atoms with Gasteiger partial charge < -0.3 is 10.5 Å². The van der Waals surface area contributed by atoms with Crippen molar-refractivity contribution in [1.29, 1.82) is 0 Å². The molecule has 0 spiro atoms. The topological polar surface area (TPSA) is 101 Å². The van der Waals surface area contributed by atoms with Gasteiger partial charge in [-0.1, -0.05) is 11.6 Å². The lowest BCUT2D eigenvalue weighted by molar-refractivity contribution is -0.117. The van der Waals surface area contributed by atoms with E-state index in [9.17, 15) is 4.79 Å².